The van der Waals surface area contributed by atoms with Crippen LogP contribution in [0.1, 0.15) is 12.8 Å². The quantitative estimate of drug-likeness (QED) is 0.203. The number of amides is 1. The largest absolute Gasteiger partial charge is 0.480 e. The van der Waals surface area contributed by atoms with E-state index >= 15 is 0 Å². The third-order valence-corrected chi connectivity index (χ3v) is 4.24. The maximum atomic E-state index is 12.3. The third-order valence-electron chi connectivity index (χ3n) is 3.12. The number of halogens is 3. The van der Waals surface area contributed by atoms with E-state index in [0.717, 1.165) is 0 Å². The SMILES string of the molecule is C=C(CCC(N)C(=O)O)NC(CSCC(O)C(F)(F)F)C(=O)NCC(=O)O.O. The number of rotatable bonds is 13. The molecule has 9 N–H and O–H groups in total. The van der Waals surface area contributed by atoms with Crippen LogP contribution in [0.25, 0.3) is 0 Å². The molecule has 164 valence electrons. The number of aliphatic carboxylic acids is 2. The molecule has 0 saturated heterocycles. The number of nitrogens with two attached hydrogens (primary N) is 1. The number of aliphatic hydroxyl groups is 1. The van der Waals surface area contributed by atoms with E-state index in [4.69, 9.17) is 21.1 Å². The summed E-state index contributed by atoms with van der Waals surface area (Å²) < 4.78 is 36.9. The molecule has 0 aromatic heterocycles. The van der Waals surface area contributed by atoms with Gasteiger partial charge in [-0.05, 0) is 12.8 Å². The van der Waals surface area contributed by atoms with Crippen LogP contribution in [0.4, 0.5) is 13.2 Å². The molecule has 0 fully saturated rings. The van der Waals surface area contributed by atoms with Gasteiger partial charge in [-0.2, -0.15) is 24.9 Å². The Morgan fingerprint density at radius 2 is 1.75 bits per heavy atom. The van der Waals surface area contributed by atoms with Gasteiger partial charge in [0.25, 0.3) is 0 Å². The second-order valence-corrected chi connectivity index (χ2v) is 6.57. The first-order chi connectivity index (χ1) is 12.3. The molecule has 0 spiro atoms. The van der Waals surface area contributed by atoms with Crippen molar-refractivity contribution in [1.29, 1.82) is 0 Å². The molecular weight excluding hydrogens is 411 g/mol. The van der Waals surface area contributed by atoms with E-state index in [0.29, 0.717) is 11.8 Å². The molecule has 1 amide bonds. The lowest BCUT2D eigenvalue weighted by Crippen LogP contribution is -2.47. The van der Waals surface area contributed by atoms with Gasteiger partial charge in [0.2, 0.25) is 5.91 Å². The van der Waals surface area contributed by atoms with Crippen molar-refractivity contribution in [2.24, 2.45) is 5.73 Å². The molecule has 0 aliphatic heterocycles. The van der Waals surface area contributed by atoms with Crippen LogP contribution in [0, 0.1) is 0 Å². The minimum absolute atomic E-state index is 0. The fourth-order valence-electron chi connectivity index (χ4n) is 1.63. The zero-order chi connectivity index (χ0) is 21.2. The molecule has 3 atom stereocenters. The standard InChI is InChI=1S/C14H22F3N3O6S.H2O/c1-7(2-3-8(18)13(25)26)20-9(12(24)19-4-11(22)23)5-27-6-10(21)14(15,16)17;/h8-10,20-21H,1-6,18H2,(H,19,24)(H,22,23)(H,25,26);1H2. The fourth-order valence-corrected chi connectivity index (χ4v) is 2.65. The summed E-state index contributed by atoms with van der Waals surface area (Å²) in [5.41, 5.74) is 5.55. The van der Waals surface area contributed by atoms with Crippen LogP contribution >= 0.6 is 11.8 Å². The molecule has 0 saturated carbocycles. The van der Waals surface area contributed by atoms with Crippen molar-refractivity contribution in [3.05, 3.63) is 12.3 Å². The van der Waals surface area contributed by atoms with Crippen molar-refractivity contribution in [2.75, 3.05) is 18.1 Å². The van der Waals surface area contributed by atoms with Crippen LogP contribution in [-0.2, 0) is 14.4 Å². The number of alkyl halides is 3. The third kappa shape index (κ3) is 12.4. The van der Waals surface area contributed by atoms with E-state index in [1.165, 1.54) is 0 Å². The van der Waals surface area contributed by atoms with Crippen molar-refractivity contribution in [3.8, 4) is 0 Å². The molecule has 0 radical (unpaired) electrons. The molecule has 0 rings (SSSR count). The summed E-state index contributed by atoms with van der Waals surface area (Å²) >= 11 is 0.630. The molecule has 3 unspecified atom stereocenters. The molecule has 14 heteroatoms. The lowest BCUT2D eigenvalue weighted by Gasteiger charge is -2.21. The Bertz CT molecular complexity index is 549. The molecule has 0 aliphatic carbocycles. The number of aliphatic hydroxyl groups excluding tert-OH is 1. The number of allylic oxidation sites excluding steroid dienone is 1. The summed E-state index contributed by atoms with van der Waals surface area (Å²) in [7, 11) is 0. The molecular formula is C14H24F3N3O7S. The van der Waals surface area contributed by atoms with E-state index < -0.39 is 54.5 Å². The Kier molecular flexibility index (Phi) is 13.3. The normalized spacial score (nSPS) is 14.2. The van der Waals surface area contributed by atoms with Crippen molar-refractivity contribution in [3.63, 3.8) is 0 Å². The lowest BCUT2D eigenvalue weighted by atomic mass is 10.1. The van der Waals surface area contributed by atoms with E-state index in [-0.39, 0.29) is 29.8 Å². The van der Waals surface area contributed by atoms with Crippen LogP contribution in [0.2, 0.25) is 0 Å². The Hall–Kier alpha value is -2.03. The highest BCUT2D eigenvalue weighted by Gasteiger charge is 2.38. The zero-order valence-electron chi connectivity index (χ0n) is 14.7. The van der Waals surface area contributed by atoms with Gasteiger partial charge >= 0.3 is 18.1 Å². The number of thioether (sulfide) groups is 1. The van der Waals surface area contributed by atoms with Gasteiger partial charge in [0.1, 0.15) is 18.6 Å². The van der Waals surface area contributed by atoms with Crippen molar-refractivity contribution < 1.29 is 48.4 Å². The van der Waals surface area contributed by atoms with E-state index in [1.54, 1.807) is 0 Å². The van der Waals surface area contributed by atoms with Gasteiger partial charge in [-0.3, -0.25) is 14.4 Å². The number of carbonyl (C=O) groups is 3. The number of carboxylic acids is 2. The summed E-state index contributed by atoms with van der Waals surface area (Å²) in [6.45, 7) is 2.90. The summed E-state index contributed by atoms with van der Waals surface area (Å²) in [6, 6.07) is -2.29. The van der Waals surface area contributed by atoms with Crippen LogP contribution in [0.5, 0.6) is 0 Å². The van der Waals surface area contributed by atoms with Crippen LogP contribution < -0.4 is 16.4 Å². The van der Waals surface area contributed by atoms with E-state index in [9.17, 15) is 27.6 Å². The van der Waals surface area contributed by atoms with Crippen molar-refractivity contribution in [2.45, 2.75) is 37.2 Å². The predicted molar refractivity (Wildman–Crippen MR) is 94.6 cm³/mol. The monoisotopic (exact) mass is 435 g/mol. The Labute approximate surface area is 162 Å². The molecule has 0 aliphatic rings. The minimum atomic E-state index is -4.79. The smallest absolute Gasteiger partial charge is 0.415 e. The summed E-state index contributed by atoms with van der Waals surface area (Å²) in [4.78, 5) is 33.2. The second kappa shape index (κ2) is 13.2. The average Bonchev–Trinajstić information content (AvgIpc) is 2.55. The highest BCUT2D eigenvalue weighted by Crippen LogP contribution is 2.23. The number of carboxylic acid groups (broad SMARTS) is 2. The lowest BCUT2D eigenvalue weighted by molar-refractivity contribution is -0.195. The molecule has 0 aromatic carbocycles. The first-order valence-electron chi connectivity index (χ1n) is 7.59. The van der Waals surface area contributed by atoms with Crippen LogP contribution in [0.3, 0.4) is 0 Å². The Morgan fingerprint density at radius 3 is 2.21 bits per heavy atom. The molecule has 28 heavy (non-hydrogen) atoms. The minimum Gasteiger partial charge on any atom is -0.480 e. The fraction of sp³-hybridized carbons (Fsp3) is 0.643. The van der Waals surface area contributed by atoms with Gasteiger partial charge in [0.05, 0.1) is 0 Å². The van der Waals surface area contributed by atoms with Gasteiger partial charge in [-0.1, -0.05) is 6.58 Å². The molecule has 10 nitrogen and oxygen atoms in total. The maximum absolute atomic E-state index is 12.3. The second-order valence-electron chi connectivity index (χ2n) is 5.49. The first-order valence-corrected chi connectivity index (χ1v) is 8.74. The highest BCUT2D eigenvalue weighted by atomic mass is 32.2. The molecule has 0 heterocycles. The van der Waals surface area contributed by atoms with Crippen molar-refractivity contribution in [1.82, 2.24) is 10.6 Å². The molecule has 0 bridgehead atoms. The summed E-state index contributed by atoms with van der Waals surface area (Å²) in [6.07, 6.45) is -7.28. The number of nitrogens with one attached hydrogen (secondary N) is 2. The topological polar surface area (TPSA) is 193 Å². The van der Waals surface area contributed by atoms with Gasteiger partial charge in [-0.25, -0.2) is 0 Å². The first kappa shape index (κ1) is 28.2. The number of hydrogen-bond acceptors (Lipinski definition) is 7. The van der Waals surface area contributed by atoms with Gasteiger partial charge in [0, 0.05) is 17.2 Å². The van der Waals surface area contributed by atoms with Gasteiger partial charge < -0.3 is 37.2 Å². The van der Waals surface area contributed by atoms with E-state index in [2.05, 4.69) is 17.2 Å². The average molecular weight is 435 g/mol. The van der Waals surface area contributed by atoms with Crippen LogP contribution in [0.15, 0.2) is 12.3 Å². The Balaban J connectivity index is 0. The zero-order valence-corrected chi connectivity index (χ0v) is 15.5. The van der Waals surface area contributed by atoms with Crippen LogP contribution in [-0.4, -0.2) is 81.1 Å². The highest BCUT2D eigenvalue weighted by molar-refractivity contribution is 7.99. The number of carbonyl (C=O) groups excluding carboxylic acids is 1. The maximum Gasteiger partial charge on any atom is 0.415 e. The molecule has 0 aromatic rings. The van der Waals surface area contributed by atoms with Gasteiger partial charge in [0.15, 0.2) is 6.10 Å². The summed E-state index contributed by atoms with van der Waals surface area (Å²) in [5, 5.41) is 30.9. The predicted octanol–water partition coefficient (Wildman–Crippen LogP) is -1.32. The van der Waals surface area contributed by atoms with E-state index in [1.807, 2.05) is 0 Å². The summed E-state index contributed by atoms with van der Waals surface area (Å²) in [5.74, 6) is -4.27. The Morgan fingerprint density at radius 1 is 1.18 bits per heavy atom. The van der Waals surface area contributed by atoms with Gasteiger partial charge in [-0.15, -0.1) is 0 Å². The number of hydrogen-bond donors (Lipinski definition) is 6. The van der Waals surface area contributed by atoms with Crippen molar-refractivity contribution >= 4 is 29.6 Å².